The number of amides is 1. The van der Waals surface area contributed by atoms with Gasteiger partial charge in [-0.1, -0.05) is 24.3 Å². The Labute approximate surface area is 170 Å². The van der Waals surface area contributed by atoms with Gasteiger partial charge in [0.25, 0.3) is 0 Å². The Morgan fingerprint density at radius 3 is 2.55 bits per heavy atom. The van der Waals surface area contributed by atoms with Crippen molar-refractivity contribution < 1.29 is 9.18 Å². The predicted molar refractivity (Wildman–Crippen MR) is 114 cm³/mol. The average Bonchev–Trinajstić information content (AvgIpc) is 2.75. The summed E-state index contributed by atoms with van der Waals surface area (Å²) in [6, 6.07) is 16.5. The second-order valence-corrected chi connectivity index (χ2v) is 7.32. The van der Waals surface area contributed by atoms with Crippen molar-refractivity contribution in [1.82, 2.24) is 15.2 Å². The van der Waals surface area contributed by atoms with Crippen LogP contribution in [0.3, 0.4) is 0 Å². The lowest BCUT2D eigenvalue weighted by Crippen LogP contribution is -2.48. The number of para-hydroxylation sites is 1. The van der Waals surface area contributed by atoms with Crippen molar-refractivity contribution >= 4 is 22.5 Å². The number of rotatable bonds is 6. The molecule has 0 aliphatic carbocycles. The van der Waals surface area contributed by atoms with Crippen LogP contribution in [-0.2, 0) is 11.2 Å². The number of carbonyl (C=O) groups is 1. The molecule has 0 radical (unpaired) electrons. The molecule has 0 spiro atoms. The van der Waals surface area contributed by atoms with E-state index in [1.807, 2.05) is 42.5 Å². The summed E-state index contributed by atoms with van der Waals surface area (Å²) in [6.07, 6.45) is 2.10. The number of pyridine rings is 1. The van der Waals surface area contributed by atoms with Crippen molar-refractivity contribution in [3.05, 3.63) is 72.2 Å². The highest BCUT2D eigenvalue weighted by Gasteiger charge is 2.17. The lowest BCUT2D eigenvalue weighted by molar-refractivity contribution is -0.120. The molecule has 1 aliphatic rings. The molecule has 1 N–H and O–H groups in total. The maximum absolute atomic E-state index is 13.1. The highest BCUT2D eigenvalue weighted by molar-refractivity contribution is 5.87. The van der Waals surface area contributed by atoms with Gasteiger partial charge in [0.15, 0.2) is 0 Å². The van der Waals surface area contributed by atoms with Gasteiger partial charge in [-0.15, -0.1) is 0 Å². The van der Waals surface area contributed by atoms with Crippen molar-refractivity contribution in [1.29, 1.82) is 0 Å². The van der Waals surface area contributed by atoms with Crippen LogP contribution in [-0.4, -0.2) is 55.1 Å². The first-order valence-corrected chi connectivity index (χ1v) is 10.0. The molecule has 1 fully saturated rings. The van der Waals surface area contributed by atoms with Gasteiger partial charge in [0.05, 0.1) is 11.9 Å². The van der Waals surface area contributed by atoms with Crippen molar-refractivity contribution in [2.75, 3.05) is 44.2 Å². The molecule has 2 aromatic carbocycles. The van der Waals surface area contributed by atoms with Crippen molar-refractivity contribution in [2.45, 2.75) is 6.42 Å². The first kappa shape index (κ1) is 19.3. The third kappa shape index (κ3) is 4.90. The summed E-state index contributed by atoms with van der Waals surface area (Å²) < 4.78 is 13.1. The summed E-state index contributed by atoms with van der Waals surface area (Å²) in [5.41, 5.74) is 2.90. The quantitative estimate of drug-likeness (QED) is 0.701. The molecule has 0 atom stereocenters. The van der Waals surface area contributed by atoms with Gasteiger partial charge in [-0.05, 0) is 35.9 Å². The Bertz CT molecular complexity index is 963. The fourth-order valence-electron chi connectivity index (χ4n) is 3.78. The minimum atomic E-state index is -0.206. The fourth-order valence-corrected chi connectivity index (χ4v) is 3.78. The Morgan fingerprint density at radius 2 is 1.76 bits per heavy atom. The van der Waals surface area contributed by atoms with Gasteiger partial charge < -0.3 is 10.2 Å². The monoisotopic (exact) mass is 392 g/mol. The third-order valence-corrected chi connectivity index (χ3v) is 5.38. The Kier molecular flexibility index (Phi) is 6.00. The number of hydrogen-bond donors (Lipinski definition) is 1. The zero-order valence-electron chi connectivity index (χ0n) is 16.4. The summed E-state index contributed by atoms with van der Waals surface area (Å²) in [4.78, 5) is 21.4. The topological polar surface area (TPSA) is 48.5 Å². The number of nitrogens with zero attached hydrogens (tertiary/aromatic N) is 3. The number of carbonyl (C=O) groups excluding carboxylic acids is 1. The molecule has 1 saturated heterocycles. The van der Waals surface area contributed by atoms with Crippen LogP contribution in [0.4, 0.5) is 10.1 Å². The van der Waals surface area contributed by atoms with Gasteiger partial charge in [-0.3, -0.25) is 14.7 Å². The van der Waals surface area contributed by atoms with Crippen LogP contribution in [0.15, 0.2) is 60.8 Å². The van der Waals surface area contributed by atoms with E-state index in [1.54, 1.807) is 6.20 Å². The molecular formula is C23H25FN4O. The van der Waals surface area contributed by atoms with E-state index in [0.29, 0.717) is 13.0 Å². The van der Waals surface area contributed by atoms with E-state index >= 15 is 0 Å². The molecule has 1 amide bonds. The van der Waals surface area contributed by atoms with E-state index in [9.17, 15) is 9.18 Å². The van der Waals surface area contributed by atoms with Crippen molar-refractivity contribution in [3.63, 3.8) is 0 Å². The molecule has 150 valence electrons. The molecule has 4 rings (SSSR count). The van der Waals surface area contributed by atoms with Gasteiger partial charge >= 0.3 is 0 Å². The van der Waals surface area contributed by atoms with Gasteiger partial charge in [-0.2, -0.15) is 0 Å². The molecule has 0 saturated carbocycles. The van der Waals surface area contributed by atoms with Crippen molar-refractivity contribution in [2.24, 2.45) is 0 Å². The summed E-state index contributed by atoms with van der Waals surface area (Å²) >= 11 is 0. The molecule has 1 aromatic heterocycles. The number of aromatic nitrogens is 1. The molecule has 0 bridgehead atoms. The van der Waals surface area contributed by atoms with E-state index in [1.165, 1.54) is 12.1 Å². The van der Waals surface area contributed by atoms with Crippen LogP contribution in [0.2, 0.25) is 0 Å². The second-order valence-electron chi connectivity index (χ2n) is 7.32. The average molecular weight is 392 g/mol. The lowest BCUT2D eigenvalue weighted by atomic mass is 10.1. The summed E-state index contributed by atoms with van der Waals surface area (Å²) in [7, 11) is 0. The van der Waals surface area contributed by atoms with Gasteiger partial charge in [0.2, 0.25) is 5.91 Å². The minimum Gasteiger partial charge on any atom is -0.369 e. The van der Waals surface area contributed by atoms with E-state index in [2.05, 4.69) is 20.1 Å². The maximum atomic E-state index is 13.1. The standard InChI is InChI=1S/C23H25FN4O/c24-20-6-8-21(9-7-20)28-15-13-27(14-16-28)12-11-25-22(29)17-19-4-1-3-18-5-2-10-26-23(18)19/h1-10H,11-17H2,(H,25,29). The van der Waals surface area contributed by atoms with Crippen LogP contribution in [0.5, 0.6) is 0 Å². The van der Waals surface area contributed by atoms with Gasteiger partial charge in [-0.25, -0.2) is 4.39 Å². The smallest absolute Gasteiger partial charge is 0.224 e. The minimum absolute atomic E-state index is 0.0214. The summed E-state index contributed by atoms with van der Waals surface area (Å²) in [5, 5.41) is 4.08. The number of halogens is 1. The highest BCUT2D eigenvalue weighted by atomic mass is 19.1. The second kappa shape index (κ2) is 9.01. The van der Waals surface area contributed by atoms with E-state index in [-0.39, 0.29) is 11.7 Å². The molecule has 1 aliphatic heterocycles. The first-order chi connectivity index (χ1) is 14.2. The maximum Gasteiger partial charge on any atom is 0.224 e. The molecule has 2 heterocycles. The molecular weight excluding hydrogens is 367 g/mol. The zero-order chi connectivity index (χ0) is 20.1. The predicted octanol–water partition coefficient (Wildman–Crippen LogP) is 2.85. The fraction of sp³-hybridized carbons (Fsp3) is 0.304. The number of anilines is 1. The SMILES string of the molecule is O=C(Cc1cccc2cccnc12)NCCN1CCN(c2ccc(F)cc2)CC1. The number of hydrogen-bond acceptors (Lipinski definition) is 4. The number of benzene rings is 2. The van der Waals surface area contributed by atoms with E-state index < -0.39 is 0 Å². The molecule has 5 nitrogen and oxygen atoms in total. The lowest BCUT2D eigenvalue weighted by Gasteiger charge is -2.36. The number of piperazine rings is 1. The molecule has 29 heavy (non-hydrogen) atoms. The van der Waals surface area contributed by atoms with Crippen molar-refractivity contribution in [3.8, 4) is 0 Å². The van der Waals surface area contributed by atoms with Crippen LogP contribution >= 0.6 is 0 Å². The Morgan fingerprint density at radius 1 is 1.00 bits per heavy atom. The third-order valence-electron chi connectivity index (χ3n) is 5.38. The molecule has 6 heteroatoms. The van der Waals surface area contributed by atoms with Crippen LogP contribution < -0.4 is 10.2 Å². The van der Waals surface area contributed by atoms with Crippen LogP contribution in [0, 0.1) is 5.82 Å². The van der Waals surface area contributed by atoms with Gasteiger partial charge in [0.1, 0.15) is 5.82 Å². The normalized spacial score (nSPS) is 14.9. The molecule has 0 unspecified atom stereocenters. The van der Waals surface area contributed by atoms with E-state index in [0.717, 1.165) is 54.9 Å². The number of fused-ring (bicyclic) bond motifs is 1. The van der Waals surface area contributed by atoms with E-state index in [4.69, 9.17) is 0 Å². The molecule has 3 aromatic rings. The van der Waals surface area contributed by atoms with Gasteiger partial charge in [0, 0.05) is 56.5 Å². The largest absolute Gasteiger partial charge is 0.369 e. The Hall–Kier alpha value is -2.99. The Balaban J connectivity index is 1.21. The van der Waals surface area contributed by atoms with Crippen LogP contribution in [0.1, 0.15) is 5.56 Å². The summed E-state index contributed by atoms with van der Waals surface area (Å²) in [5.74, 6) is -0.185. The number of nitrogens with one attached hydrogen (secondary N) is 1. The highest BCUT2D eigenvalue weighted by Crippen LogP contribution is 2.17. The summed E-state index contributed by atoms with van der Waals surface area (Å²) in [6.45, 7) is 5.13. The van der Waals surface area contributed by atoms with Crippen LogP contribution in [0.25, 0.3) is 10.9 Å². The zero-order valence-corrected chi connectivity index (χ0v) is 16.4. The first-order valence-electron chi connectivity index (χ1n) is 10.0.